The van der Waals surface area contributed by atoms with Gasteiger partial charge >= 0.3 is 0 Å². The second kappa shape index (κ2) is 7.54. The number of aromatic hydroxyl groups is 1. The van der Waals surface area contributed by atoms with Gasteiger partial charge in [0.15, 0.2) is 0 Å². The van der Waals surface area contributed by atoms with Gasteiger partial charge in [0, 0.05) is 46.2 Å². The Morgan fingerprint density at radius 1 is 1.15 bits per heavy atom. The molecule has 7 nitrogen and oxygen atoms in total. The quantitative estimate of drug-likeness (QED) is 0.827. The summed E-state index contributed by atoms with van der Waals surface area (Å²) >= 11 is 0. The number of benzene rings is 1. The van der Waals surface area contributed by atoms with E-state index in [1.54, 1.807) is 26.2 Å². The SMILES string of the molecule is CN(C)S(=O)(=O)N1C[C@@H]2CC[C@H](C1)N(C(=O)CCc1ccc(O)cc1)C2. The lowest BCUT2D eigenvalue weighted by Crippen LogP contribution is -2.48. The smallest absolute Gasteiger partial charge is 0.281 e. The van der Waals surface area contributed by atoms with Gasteiger partial charge in [0.25, 0.3) is 10.2 Å². The summed E-state index contributed by atoms with van der Waals surface area (Å²) in [5.74, 6) is 0.491. The molecule has 8 heteroatoms. The van der Waals surface area contributed by atoms with Crippen LogP contribution in [0, 0.1) is 5.92 Å². The third kappa shape index (κ3) is 4.02. The molecule has 3 heterocycles. The lowest BCUT2D eigenvalue weighted by molar-refractivity contribution is -0.135. The number of nitrogens with zero attached hydrogens (tertiary/aromatic N) is 3. The number of rotatable bonds is 5. The van der Waals surface area contributed by atoms with Crippen LogP contribution in [0.1, 0.15) is 24.8 Å². The van der Waals surface area contributed by atoms with Crippen molar-refractivity contribution >= 4 is 16.1 Å². The first-order chi connectivity index (χ1) is 12.3. The molecular weight excluding hydrogens is 354 g/mol. The van der Waals surface area contributed by atoms with Crippen LogP contribution < -0.4 is 0 Å². The maximum absolute atomic E-state index is 12.8. The maximum atomic E-state index is 12.8. The molecule has 0 aromatic heterocycles. The molecule has 0 unspecified atom stereocenters. The Bertz CT molecular complexity index is 748. The molecule has 1 N–H and O–H groups in total. The first kappa shape index (κ1) is 19.1. The van der Waals surface area contributed by atoms with Gasteiger partial charge in [-0.3, -0.25) is 4.79 Å². The van der Waals surface area contributed by atoms with E-state index in [1.165, 1.54) is 8.61 Å². The Morgan fingerprint density at radius 2 is 1.85 bits per heavy atom. The van der Waals surface area contributed by atoms with Crippen LogP contribution in [0.5, 0.6) is 5.75 Å². The number of aryl methyl sites for hydroxylation is 1. The minimum absolute atomic E-state index is 0.0456. The fourth-order valence-electron chi connectivity index (χ4n) is 3.82. The van der Waals surface area contributed by atoms with Gasteiger partial charge in [-0.25, -0.2) is 0 Å². The third-order valence-corrected chi connectivity index (χ3v) is 7.23. The van der Waals surface area contributed by atoms with Crippen molar-refractivity contribution in [1.82, 2.24) is 13.5 Å². The molecule has 26 heavy (non-hydrogen) atoms. The van der Waals surface area contributed by atoms with Crippen molar-refractivity contribution in [1.29, 1.82) is 0 Å². The lowest BCUT2D eigenvalue weighted by Gasteiger charge is -2.36. The fourth-order valence-corrected chi connectivity index (χ4v) is 5.04. The molecule has 1 aromatic carbocycles. The van der Waals surface area contributed by atoms with Crippen molar-refractivity contribution in [3.8, 4) is 5.75 Å². The molecule has 3 fully saturated rings. The lowest BCUT2D eigenvalue weighted by atomic mass is 9.94. The first-order valence-corrected chi connectivity index (χ1v) is 10.4. The van der Waals surface area contributed by atoms with Crippen molar-refractivity contribution in [3.63, 3.8) is 0 Å². The summed E-state index contributed by atoms with van der Waals surface area (Å²) in [6, 6.07) is 6.84. The van der Waals surface area contributed by atoms with E-state index < -0.39 is 10.2 Å². The van der Waals surface area contributed by atoms with Crippen LogP contribution in [-0.2, 0) is 21.4 Å². The summed E-state index contributed by atoms with van der Waals surface area (Å²) in [6.45, 7) is 1.50. The van der Waals surface area contributed by atoms with Crippen molar-refractivity contribution < 1.29 is 18.3 Å². The molecule has 0 saturated carbocycles. The van der Waals surface area contributed by atoms with Crippen molar-refractivity contribution in [3.05, 3.63) is 29.8 Å². The molecule has 0 radical (unpaired) electrons. The van der Waals surface area contributed by atoms with Gasteiger partial charge in [-0.1, -0.05) is 12.1 Å². The fraction of sp³-hybridized carbons (Fsp3) is 0.611. The van der Waals surface area contributed by atoms with Crippen LogP contribution in [-0.4, -0.2) is 72.7 Å². The number of fused-ring (bicyclic) bond motifs is 4. The minimum Gasteiger partial charge on any atom is -0.508 e. The highest BCUT2D eigenvalue weighted by Gasteiger charge is 2.41. The first-order valence-electron chi connectivity index (χ1n) is 9.02. The molecule has 3 aliphatic rings. The number of carbonyl (C=O) groups excluding carboxylic acids is 1. The number of phenols is 1. The molecule has 2 atom stereocenters. The van der Waals surface area contributed by atoms with Crippen molar-refractivity contribution in [2.45, 2.75) is 31.7 Å². The molecule has 1 aromatic rings. The molecule has 0 aliphatic carbocycles. The van der Waals surface area contributed by atoms with Crippen LogP contribution >= 0.6 is 0 Å². The van der Waals surface area contributed by atoms with Gasteiger partial charge in [0.1, 0.15) is 5.75 Å². The molecule has 3 saturated heterocycles. The Labute approximate surface area is 155 Å². The zero-order valence-electron chi connectivity index (χ0n) is 15.3. The van der Waals surface area contributed by atoms with Crippen molar-refractivity contribution in [2.24, 2.45) is 5.92 Å². The monoisotopic (exact) mass is 381 g/mol. The number of piperidine rings is 1. The van der Waals surface area contributed by atoms with Crippen LogP contribution in [0.4, 0.5) is 0 Å². The van der Waals surface area contributed by atoms with E-state index in [9.17, 15) is 18.3 Å². The summed E-state index contributed by atoms with van der Waals surface area (Å²) in [4.78, 5) is 14.7. The molecule has 144 valence electrons. The molecule has 0 spiro atoms. The maximum Gasteiger partial charge on any atom is 0.281 e. The van der Waals surface area contributed by atoms with Crippen LogP contribution in [0.2, 0.25) is 0 Å². The third-order valence-electron chi connectivity index (χ3n) is 5.35. The Balaban J connectivity index is 1.66. The van der Waals surface area contributed by atoms with E-state index in [4.69, 9.17) is 0 Å². The van der Waals surface area contributed by atoms with E-state index in [1.807, 2.05) is 17.0 Å². The highest BCUT2D eigenvalue weighted by molar-refractivity contribution is 7.86. The van der Waals surface area contributed by atoms with Crippen molar-refractivity contribution in [2.75, 3.05) is 33.7 Å². The number of amides is 1. The van der Waals surface area contributed by atoms with Gasteiger partial charge in [0.05, 0.1) is 0 Å². The van der Waals surface area contributed by atoms with E-state index in [-0.39, 0.29) is 23.6 Å². The molecule has 4 rings (SSSR count). The molecule has 2 bridgehead atoms. The van der Waals surface area contributed by atoms with E-state index >= 15 is 0 Å². The molecule has 3 aliphatic heterocycles. The Morgan fingerprint density at radius 3 is 2.50 bits per heavy atom. The molecule has 1 amide bonds. The van der Waals surface area contributed by atoms with E-state index in [2.05, 4.69) is 0 Å². The van der Waals surface area contributed by atoms with Gasteiger partial charge in [-0.05, 0) is 42.9 Å². The number of carbonyl (C=O) groups is 1. The van der Waals surface area contributed by atoms with Gasteiger partial charge < -0.3 is 10.0 Å². The summed E-state index contributed by atoms with van der Waals surface area (Å²) in [5, 5.41) is 9.34. The highest BCUT2D eigenvalue weighted by Crippen LogP contribution is 2.30. The minimum atomic E-state index is -3.45. The largest absolute Gasteiger partial charge is 0.508 e. The Hall–Kier alpha value is -1.64. The second-order valence-electron chi connectivity index (χ2n) is 7.42. The number of hydrogen-bond acceptors (Lipinski definition) is 4. The normalized spacial score (nSPS) is 24.0. The van der Waals surface area contributed by atoms with Crippen LogP contribution in [0.3, 0.4) is 0 Å². The average molecular weight is 381 g/mol. The van der Waals surface area contributed by atoms with Crippen LogP contribution in [0.25, 0.3) is 0 Å². The summed E-state index contributed by atoms with van der Waals surface area (Å²) in [5.41, 5.74) is 1.01. The summed E-state index contributed by atoms with van der Waals surface area (Å²) in [6.07, 6.45) is 2.84. The predicted molar refractivity (Wildman–Crippen MR) is 98.8 cm³/mol. The Kier molecular flexibility index (Phi) is 5.55. The topological polar surface area (TPSA) is 81.2 Å². The predicted octanol–water partition coefficient (Wildman–Crippen LogP) is 1.05. The van der Waals surface area contributed by atoms with E-state index in [0.717, 1.165) is 18.4 Å². The average Bonchev–Trinajstić information content (AvgIpc) is 2.93. The number of phenolic OH excluding ortho intramolecular Hbond substituents is 1. The number of hydrogen-bond donors (Lipinski definition) is 1. The second-order valence-corrected chi connectivity index (χ2v) is 9.56. The summed E-state index contributed by atoms with van der Waals surface area (Å²) < 4.78 is 27.8. The zero-order valence-corrected chi connectivity index (χ0v) is 16.2. The van der Waals surface area contributed by atoms with Crippen LogP contribution in [0.15, 0.2) is 24.3 Å². The highest BCUT2D eigenvalue weighted by atomic mass is 32.2. The van der Waals surface area contributed by atoms with Gasteiger partial charge in [-0.2, -0.15) is 17.0 Å². The standard InChI is InChI=1S/C18H27N3O4S/c1-19(2)26(24,25)20-11-15-3-7-16(13-20)21(12-15)18(23)10-6-14-4-8-17(22)9-5-14/h4-5,8-9,15-16,22H,3,6-7,10-13H2,1-2H3/t15-,16+/m0/s1. The molecular formula is C18H27N3O4S. The summed E-state index contributed by atoms with van der Waals surface area (Å²) in [7, 11) is -0.364. The van der Waals surface area contributed by atoms with Gasteiger partial charge in [-0.15, -0.1) is 0 Å². The zero-order chi connectivity index (χ0) is 18.9. The van der Waals surface area contributed by atoms with E-state index in [0.29, 0.717) is 32.5 Å². The van der Waals surface area contributed by atoms with Gasteiger partial charge in [0.2, 0.25) is 5.91 Å².